The average Bonchev–Trinajstić information content (AvgIpc) is 3.39. The van der Waals surface area contributed by atoms with Crippen LogP contribution in [0.25, 0.3) is 0 Å². The zero-order chi connectivity index (χ0) is 18.8. The molecular weight excluding hydrogens is 346 g/mol. The number of piperidine rings is 1. The van der Waals surface area contributed by atoms with Crippen LogP contribution in [0.3, 0.4) is 0 Å². The number of carbonyl (C=O) groups is 3. The van der Waals surface area contributed by atoms with Gasteiger partial charge in [0.2, 0.25) is 17.7 Å². The molecule has 0 bridgehead atoms. The molecule has 1 unspecified atom stereocenters. The summed E-state index contributed by atoms with van der Waals surface area (Å²) in [5.41, 5.74) is 0. The normalized spacial score (nSPS) is 28.2. The Hall–Kier alpha value is -1.63. The number of carbonyl (C=O) groups excluding carboxylic acids is 3. The molecule has 1 saturated carbocycles. The Bertz CT molecular complexity index is 582. The van der Waals surface area contributed by atoms with E-state index >= 15 is 0 Å². The predicted molar refractivity (Wildman–Crippen MR) is 98.8 cm³/mol. The molecule has 4 fully saturated rings. The average molecular weight is 377 g/mol. The van der Waals surface area contributed by atoms with E-state index in [2.05, 4.69) is 0 Å². The van der Waals surface area contributed by atoms with Gasteiger partial charge in [-0.15, -0.1) is 0 Å². The summed E-state index contributed by atoms with van der Waals surface area (Å²) in [6.45, 7) is 3.52. The minimum absolute atomic E-state index is 0.0650. The van der Waals surface area contributed by atoms with Gasteiger partial charge in [-0.2, -0.15) is 0 Å². The van der Waals surface area contributed by atoms with Gasteiger partial charge in [0.05, 0.1) is 6.61 Å². The summed E-state index contributed by atoms with van der Waals surface area (Å²) in [7, 11) is 0. The van der Waals surface area contributed by atoms with Crippen molar-refractivity contribution in [2.75, 3.05) is 39.4 Å². The molecule has 0 N–H and O–H groups in total. The highest BCUT2D eigenvalue weighted by Crippen LogP contribution is 2.31. The summed E-state index contributed by atoms with van der Waals surface area (Å²) in [4.78, 5) is 43.7. The van der Waals surface area contributed by atoms with Crippen molar-refractivity contribution in [1.82, 2.24) is 14.7 Å². The Kier molecular flexibility index (Phi) is 5.66. The van der Waals surface area contributed by atoms with E-state index in [1.165, 1.54) is 0 Å². The molecule has 1 aliphatic carbocycles. The molecule has 3 amide bonds. The standard InChI is InChI=1S/C20H31N3O4/c24-18-14-27-13-12-22(18)16-7-10-21(11-8-16)20(26)17-6-3-9-23(17)19(25)15-4-1-2-5-15/h15-17H,1-14H2. The number of likely N-dealkylation sites (tertiary alicyclic amines) is 2. The maximum atomic E-state index is 13.1. The van der Waals surface area contributed by atoms with Crippen molar-refractivity contribution < 1.29 is 19.1 Å². The summed E-state index contributed by atoms with van der Waals surface area (Å²) < 4.78 is 5.21. The van der Waals surface area contributed by atoms with Crippen LogP contribution in [0.4, 0.5) is 0 Å². The molecule has 0 spiro atoms. The highest BCUT2D eigenvalue weighted by atomic mass is 16.5. The summed E-state index contributed by atoms with van der Waals surface area (Å²) in [6.07, 6.45) is 7.59. The van der Waals surface area contributed by atoms with Crippen LogP contribution >= 0.6 is 0 Å². The van der Waals surface area contributed by atoms with Crippen molar-refractivity contribution in [3.63, 3.8) is 0 Å². The Labute approximate surface area is 161 Å². The van der Waals surface area contributed by atoms with Gasteiger partial charge in [0.15, 0.2) is 0 Å². The third-order valence-electron chi connectivity index (χ3n) is 6.76. The van der Waals surface area contributed by atoms with Crippen LogP contribution < -0.4 is 0 Å². The highest BCUT2D eigenvalue weighted by Gasteiger charge is 2.40. The van der Waals surface area contributed by atoms with Gasteiger partial charge in [-0.3, -0.25) is 14.4 Å². The second-order valence-corrected chi connectivity index (χ2v) is 8.37. The molecule has 3 saturated heterocycles. The first-order valence-electron chi connectivity index (χ1n) is 10.6. The van der Waals surface area contributed by atoms with Gasteiger partial charge in [-0.25, -0.2) is 0 Å². The number of amides is 3. The number of ether oxygens (including phenoxy) is 1. The lowest BCUT2D eigenvalue weighted by Crippen LogP contribution is -2.55. The van der Waals surface area contributed by atoms with Crippen LogP contribution in [-0.2, 0) is 19.1 Å². The molecule has 0 aromatic heterocycles. The molecule has 0 aromatic rings. The molecule has 1 atom stereocenters. The lowest BCUT2D eigenvalue weighted by atomic mass is 10.0. The maximum Gasteiger partial charge on any atom is 0.248 e. The van der Waals surface area contributed by atoms with E-state index in [1.54, 1.807) is 0 Å². The van der Waals surface area contributed by atoms with E-state index < -0.39 is 0 Å². The molecule has 4 rings (SSSR count). The fraction of sp³-hybridized carbons (Fsp3) is 0.850. The zero-order valence-corrected chi connectivity index (χ0v) is 16.1. The topological polar surface area (TPSA) is 70.2 Å². The number of morpholine rings is 1. The smallest absolute Gasteiger partial charge is 0.248 e. The van der Waals surface area contributed by atoms with Gasteiger partial charge < -0.3 is 19.4 Å². The number of hydrogen-bond acceptors (Lipinski definition) is 4. The number of rotatable bonds is 3. The molecule has 150 valence electrons. The van der Waals surface area contributed by atoms with Crippen LogP contribution in [0.2, 0.25) is 0 Å². The molecule has 7 nitrogen and oxygen atoms in total. The lowest BCUT2D eigenvalue weighted by molar-refractivity contribution is -0.150. The van der Waals surface area contributed by atoms with E-state index in [9.17, 15) is 14.4 Å². The minimum atomic E-state index is -0.264. The number of nitrogens with zero attached hydrogens (tertiary/aromatic N) is 3. The van der Waals surface area contributed by atoms with Crippen molar-refractivity contribution in [3.8, 4) is 0 Å². The van der Waals surface area contributed by atoms with Crippen LogP contribution in [0.5, 0.6) is 0 Å². The fourth-order valence-corrected chi connectivity index (χ4v) is 5.22. The minimum Gasteiger partial charge on any atom is -0.370 e. The number of hydrogen-bond donors (Lipinski definition) is 0. The van der Waals surface area contributed by atoms with Crippen molar-refractivity contribution >= 4 is 17.7 Å². The quantitative estimate of drug-likeness (QED) is 0.736. The van der Waals surface area contributed by atoms with E-state index in [0.29, 0.717) is 26.2 Å². The van der Waals surface area contributed by atoms with Crippen molar-refractivity contribution in [2.45, 2.75) is 63.5 Å². The van der Waals surface area contributed by atoms with Gasteiger partial charge in [0.25, 0.3) is 0 Å². The van der Waals surface area contributed by atoms with E-state index in [4.69, 9.17) is 4.74 Å². The first-order valence-corrected chi connectivity index (χ1v) is 10.6. The SMILES string of the molecule is O=C(C1CCCN1C(=O)C1CCCC1)N1CCC(N2CCOCC2=O)CC1. The largest absolute Gasteiger partial charge is 0.370 e. The Morgan fingerprint density at radius 1 is 0.852 bits per heavy atom. The third-order valence-corrected chi connectivity index (χ3v) is 6.76. The molecule has 3 heterocycles. The monoisotopic (exact) mass is 377 g/mol. The molecule has 3 aliphatic heterocycles. The second-order valence-electron chi connectivity index (χ2n) is 8.37. The zero-order valence-electron chi connectivity index (χ0n) is 16.1. The summed E-state index contributed by atoms with van der Waals surface area (Å²) >= 11 is 0. The maximum absolute atomic E-state index is 13.1. The molecule has 0 aromatic carbocycles. The van der Waals surface area contributed by atoms with Gasteiger partial charge in [0, 0.05) is 38.1 Å². The molecule has 0 radical (unpaired) electrons. The van der Waals surface area contributed by atoms with Crippen LogP contribution in [-0.4, -0.2) is 83.9 Å². The lowest BCUT2D eigenvalue weighted by Gasteiger charge is -2.41. The van der Waals surface area contributed by atoms with Gasteiger partial charge in [-0.05, 0) is 38.5 Å². The van der Waals surface area contributed by atoms with Gasteiger partial charge >= 0.3 is 0 Å². The van der Waals surface area contributed by atoms with Gasteiger partial charge in [0.1, 0.15) is 12.6 Å². The van der Waals surface area contributed by atoms with Crippen LogP contribution in [0.1, 0.15) is 51.4 Å². The van der Waals surface area contributed by atoms with Crippen LogP contribution in [0.15, 0.2) is 0 Å². The first kappa shape index (κ1) is 18.7. The Morgan fingerprint density at radius 2 is 1.59 bits per heavy atom. The fourth-order valence-electron chi connectivity index (χ4n) is 5.22. The molecule has 27 heavy (non-hydrogen) atoms. The van der Waals surface area contributed by atoms with Crippen LogP contribution in [0, 0.1) is 5.92 Å². The van der Waals surface area contributed by atoms with Crippen molar-refractivity contribution in [1.29, 1.82) is 0 Å². The summed E-state index contributed by atoms with van der Waals surface area (Å²) in [5.74, 6) is 0.523. The third kappa shape index (κ3) is 3.84. The summed E-state index contributed by atoms with van der Waals surface area (Å²) in [6, 6.07) is -0.0510. The van der Waals surface area contributed by atoms with E-state index in [1.807, 2.05) is 14.7 Å². The summed E-state index contributed by atoms with van der Waals surface area (Å²) in [5, 5.41) is 0. The second kappa shape index (κ2) is 8.17. The Balaban J connectivity index is 1.33. The van der Waals surface area contributed by atoms with Crippen molar-refractivity contribution in [2.24, 2.45) is 5.92 Å². The first-order chi connectivity index (χ1) is 13.1. The molecular formula is C20H31N3O4. The molecule has 7 heteroatoms. The highest BCUT2D eigenvalue weighted by molar-refractivity contribution is 5.89. The Morgan fingerprint density at radius 3 is 2.30 bits per heavy atom. The van der Waals surface area contributed by atoms with E-state index in [0.717, 1.165) is 57.9 Å². The molecule has 4 aliphatic rings. The predicted octanol–water partition coefficient (Wildman–Crippen LogP) is 1.02. The van der Waals surface area contributed by atoms with Gasteiger partial charge in [-0.1, -0.05) is 12.8 Å². The van der Waals surface area contributed by atoms with Crippen molar-refractivity contribution in [3.05, 3.63) is 0 Å². The van der Waals surface area contributed by atoms with E-state index in [-0.39, 0.29) is 42.3 Å².